The minimum atomic E-state index is -3.70. The van der Waals surface area contributed by atoms with Gasteiger partial charge in [-0.15, -0.1) is 0 Å². The molecule has 7 heteroatoms. The average molecular weight is 432 g/mol. The fraction of sp³-hybridized carbons (Fsp3) is 0.348. The fourth-order valence-electron chi connectivity index (χ4n) is 2.78. The lowest BCUT2D eigenvalue weighted by Gasteiger charge is -2.28. The first-order chi connectivity index (χ1) is 14.3. The third-order valence-corrected chi connectivity index (χ3v) is 5.92. The quantitative estimate of drug-likeness (QED) is 0.415. The van der Waals surface area contributed by atoms with Crippen LogP contribution in [0.25, 0.3) is 6.08 Å². The molecule has 0 aliphatic carbocycles. The first kappa shape index (κ1) is 23.5. The molecule has 0 spiro atoms. The zero-order valence-corrected chi connectivity index (χ0v) is 18.7. The second-order valence-corrected chi connectivity index (χ2v) is 8.74. The number of carbonyl (C=O) groups is 1. The molecule has 1 unspecified atom stereocenters. The summed E-state index contributed by atoms with van der Waals surface area (Å²) in [6.45, 7) is 5.83. The highest BCUT2D eigenvalue weighted by Gasteiger charge is 2.20. The molecule has 1 atom stereocenters. The topological polar surface area (TPSA) is 72.9 Å². The standard InChI is InChI=1S/C23H29NO5S/c1-5-18(3)24(23(25)15-13-19-10-8-7-9-11-19)17-20-12-14-21(28-4)22(16-20)29-30(26,27)6-2/h7-16,18H,5-6,17H2,1-4H3. The summed E-state index contributed by atoms with van der Waals surface area (Å²) in [6, 6.07) is 14.7. The van der Waals surface area contributed by atoms with Crippen LogP contribution in [0.4, 0.5) is 0 Å². The highest BCUT2D eigenvalue weighted by atomic mass is 32.2. The summed E-state index contributed by atoms with van der Waals surface area (Å²) in [5.41, 5.74) is 1.69. The lowest BCUT2D eigenvalue weighted by atomic mass is 10.1. The number of hydrogen-bond acceptors (Lipinski definition) is 5. The van der Waals surface area contributed by atoms with E-state index in [1.54, 1.807) is 35.3 Å². The minimum absolute atomic E-state index is 0.00349. The molecule has 0 saturated carbocycles. The van der Waals surface area contributed by atoms with E-state index in [9.17, 15) is 13.2 Å². The lowest BCUT2D eigenvalue weighted by Crippen LogP contribution is -2.36. The summed E-state index contributed by atoms with van der Waals surface area (Å²) in [5, 5.41) is 0. The Morgan fingerprint density at radius 2 is 1.80 bits per heavy atom. The van der Waals surface area contributed by atoms with Crippen LogP contribution in [0.5, 0.6) is 11.5 Å². The number of carbonyl (C=O) groups excluding carboxylic acids is 1. The van der Waals surface area contributed by atoms with Gasteiger partial charge >= 0.3 is 10.1 Å². The average Bonchev–Trinajstić information content (AvgIpc) is 2.76. The molecular formula is C23H29NO5S. The summed E-state index contributed by atoms with van der Waals surface area (Å²) >= 11 is 0. The van der Waals surface area contributed by atoms with E-state index in [-0.39, 0.29) is 23.5 Å². The van der Waals surface area contributed by atoms with Crippen LogP contribution in [0.3, 0.4) is 0 Å². The third kappa shape index (κ3) is 6.62. The predicted molar refractivity (Wildman–Crippen MR) is 119 cm³/mol. The largest absolute Gasteiger partial charge is 0.493 e. The van der Waals surface area contributed by atoms with Gasteiger partial charge in [0.2, 0.25) is 5.91 Å². The molecule has 162 valence electrons. The third-order valence-electron chi connectivity index (χ3n) is 4.78. The van der Waals surface area contributed by atoms with E-state index in [1.807, 2.05) is 44.2 Å². The first-order valence-electron chi connectivity index (χ1n) is 9.92. The predicted octanol–water partition coefficient (Wildman–Crippen LogP) is 4.26. The van der Waals surface area contributed by atoms with E-state index < -0.39 is 10.1 Å². The number of ether oxygens (including phenoxy) is 1. The van der Waals surface area contributed by atoms with Gasteiger partial charge in [-0.05, 0) is 49.6 Å². The molecular weight excluding hydrogens is 402 g/mol. The highest BCUT2D eigenvalue weighted by Crippen LogP contribution is 2.30. The first-order valence-corrected chi connectivity index (χ1v) is 11.5. The van der Waals surface area contributed by atoms with Gasteiger partial charge in [-0.25, -0.2) is 0 Å². The maximum atomic E-state index is 12.9. The van der Waals surface area contributed by atoms with Crippen LogP contribution < -0.4 is 8.92 Å². The Balaban J connectivity index is 2.27. The van der Waals surface area contributed by atoms with Crippen molar-refractivity contribution in [1.82, 2.24) is 4.90 Å². The molecule has 6 nitrogen and oxygen atoms in total. The van der Waals surface area contributed by atoms with E-state index in [0.29, 0.717) is 12.3 Å². The van der Waals surface area contributed by atoms with Crippen molar-refractivity contribution in [1.29, 1.82) is 0 Å². The Morgan fingerprint density at radius 1 is 1.10 bits per heavy atom. The molecule has 2 aromatic rings. The van der Waals surface area contributed by atoms with E-state index in [1.165, 1.54) is 14.0 Å². The number of methoxy groups -OCH3 is 1. The van der Waals surface area contributed by atoms with Crippen molar-refractivity contribution in [3.63, 3.8) is 0 Å². The van der Waals surface area contributed by atoms with Gasteiger partial charge in [0.05, 0.1) is 12.9 Å². The van der Waals surface area contributed by atoms with E-state index >= 15 is 0 Å². The van der Waals surface area contributed by atoms with Crippen LogP contribution in [0.1, 0.15) is 38.3 Å². The molecule has 0 radical (unpaired) electrons. The van der Waals surface area contributed by atoms with Crippen molar-refractivity contribution in [2.45, 2.75) is 39.8 Å². The van der Waals surface area contributed by atoms with E-state index in [0.717, 1.165) is 17.5 Å². The van der Waals surface area contributed by atoms with Gasteiger partial charge in [0.1, 0.15) is 0 Å². The molecule has 0 aliphatic rings. The second kappa shape index (κ2) is 10.8. The molecule has 0 aliphatic heterocycles. The van der Waals surface area contributed by atoms with Gasteiger partial charge in [-0.2, -0.15) is 8.42 Å². The zero-order chi connectivity index (χ0) is 22.1. The zero-order valence-electron chi connectivity index (χ0n) is 17.9. The van der Waals surface area contributed by atoms with Gasteiger partial charge in [0.25, 0.3) is 0 Å². The Kier molecular flexibility index (Phi) is 8.47. The molecule has 0 saturated heterocycles. The van der Waals surface area contributed by atoms with Gasteiger partial charge in [-0.1, -0.05) is 43.3 Å². The van der Waals surface area contributed by atoms with Crippen LogP contribution in [-0.2, 0) is 21.5 Å². The van der Waals surface area contributed by atoms with Gasteiger partial charge < -0.3 is 13.8 Å². The van der Waals surface area contributed by atoms with Crippen molar-refractivity contribution in [3.05, 3.63) is 65.7 Å². The van der Waals surface area contributed by atoms with Gasteiger partial charge in [-0.3, -0.25) is 4.79 Å². The van der Waals surface area contributed by atoms with Crippen LogP contribution in [0.15, 0.2) is 54.6 Å². The lowest BCUT2D eigenvalue weighted by molar-refractivity contribution is -0.128. The molecule has 30 heavy (non-hydrogen) atoms. The molecule has 0 heterocycles. The Bertz CT molecular complexity index is 970. The summed E-state index contributed by atoms with van der Waals surface area (Å²) in [5.74, 6) is 0.171. The number of benzene rings is 2. The smallest absolute Gasteiger partial charge is 0.309 e. The number of nitrogens with zero attached hydrogens (tertiary/aromatic N) is 1. The van der Waals surface area contributed by atoms with Crippen molar-refractivity contribution in [2.24, 2.45) is 0 Å². The summed E-state index contributed by atoms with van der Waals surface area (Å²) in [4.78, 5) is 14.6. The molecule has 0 bridgehead atoms. The Hall–Kier alpha value is -2.80. The second-order valence-electron chi connectivity index (χ2n) is 6.88. The van der Waals surface area contributed by atoms with Crippen LogP contribution in [-0.4, -0.2) is 38.1 Å². The van der Waals surface area contributed by atoms with Crippen LogP contribution >= 0.6 is 0 Å². The molecule has 1 amide bonds. The van der Waals surface area contributed by atoms with Crippen molar-refractivity contribution < 1.29 is 22.1 Å². The highest BCUT2D eigenvalue weighted by molar-refractivity contribution is 7.87. The van der Waals surface area contributed by atoms with Crippen molar-refractivity contribution in [2.75, 3.05) is 12.9 Å². The SMILES string of the molecule is CCC(C)N(Cc1ccc(OC)c(OS(=O)(=O)CC)c1)C(=O)C=Cc1ccccc1. The number of amides is 1. The van der Waals surface area contributed by atoms with E-state index in [4.69, 9.17) is 8.92 Å². The number of hydrogen-bond donors (Lipinski definition) is 0. The van der Waals surface area contributed by atoms with Crippen LogP contribution in [0, 0.1) is 0 Å². The Morgan fingerprint density at radius 3 is 2.40 bits per heavy atom. The molecule has 2 rings (SSSR count). The molecule has 0 fully saturated rings. The van der Waals surface area contributed by atoms with Crippen molar-refractivity contribution in [3.8, 4) is 11.5 Å². The van der Waals surface area contributed by atoms with E-state index in [2.05, 4.69) is 0 Å². The van der Waals surface area contributed by atoms with Crippen molar-refractivity contribution >= 4 is 22.1 Å². The normalized spacial score (nSPS) is 12.5. The molecule has 0 N–H and O–H groups in total. The molecule has 2 aromatic carbocycles. The number of rotatable bonds is 10. The fourth-order valence-corrected chi connectivity index (χ4v) is 3.30. The maximum Gasteiger partial charge on any atom is 0.309 e. The maximum absolute atomic E-state index is 12.9. The summed E-state index contributed by atoms with van der Waals surface area (Å²) in [6.07, 6.45) is 4.13. The van der Waals surface area contributed by atoms with Gasteiger partial charge in [0, 0.05) is 18.7 Å². The van der Waals surface area contributed by atoms with Crippen LogP contribution in [0.2, 0.25) is 0 Å². The minimum Gasteiger partial charge on any atom is -0.493 e. The molecule has 0 aromatic heterocycles. The summed E-state index contributed by atoms with van der Waals surface area (Å²) in [7, 11) is -2.25. The van der Waals surface area contributed by atoms with Gasteiger partial charge in [0.15, 0.2) is 11.5 Å². The Labute approximate surface area is 179 Å². The monoisotopic (exact) mass is 431 g/mol. The summed E-state index contributed by atoms with van der Waals surface area (Å²) < 4.78 is 34.2.